The molecule has 1 N–H and O–H groups in total. The van der Waals surface area contributed by atoms with Gasteiger partial charge in [-0.25, -0.2) is 0 Å². The lowest BCUT2D eigenvalue weighted by Gasteiger charge is -2.45. The monoisotopic (exact) mass is 578 g/mol. The van der Waals surface area contributed by atoms with E-state index in [1.807, 2.05) is 30.0 Å². The Balaban J connectivity index is 1.64. The van der Waals surface area contributed by atoms with Crippen LogP contribution in [0.25, 0.3) is 0 Å². The van der Waals surface area contributed by atoms with E-state index in [1.165, 1.54) is 0 Å². The van der Waals surface area contributed by atoms with E-state index >= 15 is 0 Å². The minimum atomic E-state index is -1.08. The number of carboxylic acid groups (broad SMARTS) is 1. The standard InChI is InChI=1S/C33H42N2O7/c1-19-15-20-12-13-26(33(2,3)4)35-28(20)23(16-19)29(22-10-7-11-24(40-5)30(22)41-6)42-25(31(35)37)17-27(36)34-14-8-9-21(18-34)32(38)39/h7,10-11,15-16,21,25-26,29H,8-9,12-14,17-18H2,1-6H3,(H,38,39)/t21-,25-,26-,29-/m1/s1. The molecule has 3 aliphatic rings. The van der Waals surface area contributed by atoms with E-state index in [9.17, 15) is 19.5 Å². The number of nitrogens with zero attached hydrogens (tertiary/aromatic N) is 2. The summed E-state index contributed by atoms with van der Waals surface area (Å²) in [4.78, 5) is 43.4. The number of aryl methyl sites for hydroxylation is 2. The Bertz CT molecular complexity index is 1380. The van der Waals surface area contributed by atoms with Crippen LogP contribution < -0.4 is 14.4 Å². The number of ether oxygens (including phenoxy) is 3. The maximum absolute atomic E-state index is 14.6. The average molecular weight is 579 g/mol. The molecule has 2 aromatic rings. The molecule has 226 valence electrons. The predicted octanol–water partition coefficient (Wildman–Crippen LogP) is 4.91. The predicted molar refractivity (Wildman–Crippen MR) is 158 cm³/mol. The zero-order valence-corrected chi connectivity index (χ0v) is 25.4. The first-order valence-electron chi connectivity index (χ1n) is 14.8. The molecule has 2 aromatic carbocycles. The van der Waals surface area contributed by atoms with E-state index in [0.717, 1.165) is 35.2 Å². The molecule has 3 heterocycles. The topological polar surface area (TPSA) is 106 Å². The van der Waals surface area contributed by atoms with Crippen molar-refractivity contribution in [2.45, 2.75) is 78.0 Å². The van der Waals surface area contributed by atoms with E-state index in [4.69, 9.17) is 14.2 Å². The summed E-state index contributed by atoms with van der Waals surface area (Å²) in [7, 11) is 3.15. The second-order valence-corrected chi connectivity index (χ2v) is 12.8. The number of benzene rings is 2. The van der Waals surface area contributed by atoms with E-state index < -0.39 is 24.1 Å². The maximum Gasteiger partial charge on any atom is 0.308 e. The second kappa shape index (κ2) is 11.6. The van der Waals surface area contributed by atoms with Crippen LogP contribution >= 0.6 is 0 Å². The van der Waals surface area contributed by atoms with Gasteiger partial charge in [-0.2, -0.15) is 0 Å². The number of amides is 2. The van der Waals surface area contributed by atoms with Crippen LogP contribution in [0.2, 0.25) is 0 Å². The van der Waals surface area contributed by atoms with Crippen LogP contribution in [0, 0.1) is 18.3 Å². The van der Waals surface area contributed by atoms with Crippen molar-refractivity contribution in [3.05, 3.63) is 52.6 Å². The molecule has 9 nitrogen and oxygen atoms in total. The lowest BCUT2D eigenvalue weighted by Crippen LogP contribution is -2.54. The summed E-state index contributed by atoms with van der Waals surface area (Å²) in [5.41, 5.74) is 4.34. The smallest absolute Gasteiger partial charge is 0.308 e. The third kappa shape index (κ3) is 5.46. The van der Waals surface area contributed by atoms with Crippen LogP contribution in [-0.4, -0.2) is 67.2 Å². The van der Waals surface area contributed by atoms with Gasteiger partial charge in [0.15, 0.2) is 11.5 Å². The molecule has 42 heavy (non-hydrogen) atoms. The van der Waals surface area contributed by atoms with E-state index in [0.29, 0.717) is 36.4 Å². The zero-order valence-electron chi connectivity index (χ0n) is 25.4. The SMILES string of the molecule is COc1cccc([C@H]2O[C@H](CC(=O)N3CCC[C@@H](C(=O)O)C3)C(=O)N3c4c(cc(C)cc42)CC[C@@H]3C(C)(C)C)c1OC. The van der Waals surface area contributed by atoms with E-state index in [-0.39, 0.29) is 36.2 Å². The third-order valence-electron chi connectivity index (χ3n) is 8.90. The summed E-state index contributed by atoms with van der Waals surface area (Å²) in [6.45, 7) is 9.06. The minimum absolute atomic E-state index is 0.0995. The number of likely N-dealkylation sites (tertiary alicyclic amines) is 1. The Morgan fingerprint density at radius 3 is 2.52 bits per heavy atom. The number of methoxy groups -OCH3 is 2. The number of piperidine rings is 1. The minimum Gasteiger partial charge on any atom is -0.493 e. The van der Waals surface area contributed by atoms with Gasteiger partial charge >= 0.3 is 5.97 Å². The molecule has 0 radical (unpaired) electrons. The van der Waals surface area contributed by atoms with Crippen molar-refractivity contribution < 1.29 is 33.7 Å². The summed E-state index contributed by atoms with van der Waals surface area (Å²) < 4.78 is 18.2. The van der Waals surface area contributed by atoms with Gasteiger partial charge in [0.1, 0.15) is 12.2 Å². The summed E-state index contributed by atoms with van der Waals surface area (Å²) >= 11 is 0. The number of carbonyl (C=O) groups excluding carboxylic acids is 2. The number of aliphatic carboxylic acids is 1. The number of anilines is 1. The summed E-state index contributed by atoms with van der Waals surface area (Å²) in [6.07, 6.45) is 0.807. The fourth-order valence-corrected chi connectivity index (χ4v) is 6.87. The van der Waals surface area contributed by atoms with Crippen molar-refractivity contribution >= 4 is 23.5 Å². The molecule has 4 atom stereocenters. The molecule has 2 amide bonds. The molecular formula is C33H42N2O7. The fraction of sp³-hybridized carbons (Fsp3) is 0.545. The Morgan fingerprint density at radius 2 is 1.86 bits per heavy atom. The second-order valence-electron chi connectivity index (χ2n) is 12.8. The molecule has 0 aliphatic carbocycles. The highest BCUT2D eigenvalue weighted by atomic mass is 16.5. The average Bonchev–Trinajstić information content (AvgIpc) is 3.07. The molecule has 9 heteroatoms. The Kier molecular flexibility index (Phi) is 8.25. The number of hydrogen-bond acceptors (Lipinski definition) is 6. The van der Waals surface area contributed by atoms with Gasteiger partial charge in [-0.1, -0.05) is 50.6 Å². The summed E-state index contributed by atoms with van der Waals surface area (Å²) in [5, 5.41) is 9.57. The maximum atomic E-state index is 14.6. The van der Waals surface area contributed by atoms with Crippen LogP contribution in [0.15, 0.2) is 30.3 Å². The van der Waals surface area contributed by atoms with Crippen molar-refractivity contribution in [3.63, 3.8) is 0 Å². The van der Waals surface area contributed by atoms with Crippen LogP contribution in [0.1, 0.15) is 74.8 Å². The van der Waals surface area contributed by atoms with Crippen LogP contribution in [0.5, 0.6) is 11.5 Å². The van der Waals surface area contributed by atoms with Gasteiger partial charge in [-0.3, -0.25) is 14.4 Å². The van der Waals surface area contributed by atoms with Gasteiger partial charge in [0.2, 0.25) is 5.91 Å². The lowest BCUT2D eigenvalue weighted by molar-refractivity contribution is -0.149. The quantitative estimate of drug-likeness (QED) is 0.519. The van der Waals surface area contributed by atoms with Crippen molar-refractivity contribution in [3.8, 4) is 11.5 Å². The Hall–Kier alpha value is -3.59. The molecule has 1 fully saturated rings. The van der Waals surface area contributed by atoms with Crippen molar-refractivity contribution in [2.75, 3.05) is 32.2 Å². The van der Waals surface area contributed by atoms with Crippen LogP contribution in [0.4, 0.5) is 5.69 Å². The number of para-hydroxylation sites is 1. The van der Waals surface area contributed by atoms with Crippen LogP contribution in [-0.2, 0) is 25.5 Å². The van der Waals surface area contributed by atoms with E-state index in [1.54, 1.807) is 19.1 Å². The first-order chi connectivity index (χ1) is 19.9. The molecule has 0 bridgehead atoms. The molecule has 1 saturated heterocycles. The van der Waals surface area contributed by atoms with Crippen molar-refractivity contribution in [1.29, 1.82) is 0 Å². The molecule has 0 saturated carbocycles. The Labute approximate surface area is 247 Å². The molecule has 5 rings (SSSR count). The first kappa shape index (κ1) is 29.9. The largest absolute Gasteiger partial charge is 0.493 e. The molecule has 0 spiro atoms. The molecule has 0 aromatic heterocycles. The highest BCUT2D eigenvalue weighted by Gasteiger charge is 2.47. The van der Waals surface area contributed by atoms with Crippen molar-refractivity contribution in [2.24, 2.45) is 11.3 Å². The highest BCUT2D eigenvalue weighted by molar-refractivity contribution is 6.02. The number of carbonyl (C=O) groups is 3. The number of carboxylic acids is 1. The molecule has 3 aliphatic heterocycles. The number of hydrogen-bond donors (Lipinski definition) is 1. The molecule has 0 unspecified atom stereocenters. The fourth-order valence-electron chi connectivity index (χ4n) is 6.87. The van der Waals surface area contributed by atoms with Gasteiger partial charge in [0, 0.05) is 30.3 Å². The van der Waals surface area contributed by atoms with E-state index in [2.05, 4.69) is 32.9 Å². The van der Waals surface area contributed by atoms with Gasteiger partial charge in [0.25, 0.3) is 5.91 Å². The summed E-state index contributed by atoms with van der Waals surface area (Å²) in [5.74, 6) is -0.980. The normalized spacial score (nSPS) is 24.1. The lowest BCUT2D eigenvalue weighted by atomic mass is 9.77. The zero-order chi connectivity index (χ0) is 30.3. The third-order valence-corrected chi connectivity index (χ3v) is 8.90. The first-order valence-corrected chi connectivity index (χ1v) is 14.8. The van der Waals surface area contributed by atoms with Gasteiger partial charge < -0.3 is 29.1 Å². The summed E-state index contributed by atoms with van der Waals surface area (Å²) in [6, 6.07) is 9.70. The van der Waals surface area contributed by atoms with Gasteiger partial charge in [-0.15, -0.1) is 0 Å². The van der Waals surface area contributed by atoms with Crippen molar-refractivity contribution in [1.82, 2.24) is 4.90 Å². The number of rotatable bonds is 6. The van der Waals surface area contributed by atoms with Gasteiger partial charge in [0.05, 0.1) is 32.2 Å². The molecular weight excluding hydrogens is 536 g/mol. The van der Waals surface area contributed by atoms with Gasteiger partial charge in [-0.05, 0) is 49.7 Å². The highest BCUT2D eigenvalue weighted by Crippen LogP contribution is 2.50. The van der Waals surface area contributed by atoms with Crippen LogP contribution in [0.3, 0.4) is 0 Å². The Morgan fingerprint density at radius 1 is 1.10 bits per heavy atom.